The summed E-state index contributed by atoms with van der Waals surface area (Å²) in [6.45, 7) is 20.0. The number of aliphatic carboxylic acids is 1. The first-order valence-corrected chi connectivity index (χ1v) is 11.3. The maximum atomic E-state index is 13.3. The monoisotopic (exact) mass is 414 g/mol. The quantitative estimate of drug-likeness (QED) is 0.400. The zero-order valence-electron chi connectivity index (χ0n) is 20.6. The second-order valence-corrected chi connectivity index (χ2v) is 8.00. The van der Waals surface area contributed by atoms with Gasteiger partial charge in [-0.15, -0.1) is 0 Å². The largest absolute Gasteiger partial charge is 0.481 e. The molecule has 1 N–H and O–H groups in total. The third kappa shape index (κ3) is 5.71. The van der Waals surface area contributed by atoms with Crippen molar-refractivity contribution in [1.82, 2.24) is 0 Å². The van der Waals surface area contributed by atoms with E-state index in [4.69, 9.17) is 0 Å². The van der Waals surface area contributed by atoms with Crippen LogP contribution in [0.2, 0.25) is 0 Å². The molecule has 168 valence electrons. The summed E-state index contributed by atoms with van der Waals surface area (Å²) in [5.74, 6) is -1.93. The average molecular weight is 415 g/mol. The van der Waals surface area contributed by atoms with E-state index in [9.17, 15) is 14.7 Å². The Hall–Kier alpha value is -2.16. The van der Waals surface area contributed by atoms with E-state index in [1.165, 1.54) is 0 Å². The van der Waals surface area contributed by atoms with Gasteiger partial charge in [-0.25, -0.2) is 0 Å². The Morgan fingerprint density at radius 3 is 1.80 bits per heavy atom. The van der Waals surface area contributed by atoms with E-state index < -0.39 is 17.8 Å². The van der Waals surface area contributed by atoms with Crippen LogP contribution in [0, 0.1) is 29.1 Å². The highest BCUT2D eigenvalue weighted by Crippen LogP contribution is 2.55. The van der Waals surface area contributed by atoms with Gasteiger partial charge in [0.05, 0.1) is 5.92 Å². The molecule has 0 radical (unpaired) electrons. The molecule has 0 aromatic heterocycles. The van der Waals surface area contributed by atoms with Crippen LogP contribution in [0.15, 0.2) is 42.5 Å². The van der Waals surface area contributed by atoms with E-state index in [1.54, 1.807) is 0 Å². The summed E-state index contributed by atoms with van der Waals surface area (Å²) in [5, 5.41) is 9.74. The van der Waals surface area contributed by atoms with Gasteiger partial charge in [0.25, 0.3) is 0 Å². The summed E-state index contributed by atoms with van der Waals surface area (Å²) in [6.07, 6.45) is 6.04. The van der Waals surface area contributed by atoms with Gasteiger partial charge in [0.15, 0.2) is 5.78 Å². The number of carbonyl (C=O) groups excluding carboxylic acids is 1. The molecule has 0 aliphatic heterocycles. The van der Waals surface area contributed by atoms with Crippen LogP contribution in [0.1, 0.15) is 85.2 Å². The normalized spacial score (nSPS) is 25.1. The van der Waals surface area contributed by atoms with Gasteiger partial charge in [0.1, 0.15) is 0 Å². The van der Waals surface area contributed by atoms with Crippen LogP contribution in [0.5, 0.6) is 0 Å². The number of benzene rings is 1. The molecule has 3 heteroatoms. The van der Waals surface area contributed by atoms with Crippen LogP contribution in [-0.2, 0) is 4.79 Å². The lowest BCUT2D eigenvalue weighted by molar-refractivity contribution is -0.144. The highest BCUT2D eigenvalue weighted by Gasteiger charge is 2.57. The standard InChI is InChI=1S/C23H30O3.2C2H6/c1-7-9-16(8-2)17-10-12-18(13-11-17)21(24)20-19(22(25)26)14(3)15(4)23(20,5)6;2*1-2/h7-15,19-20H,1-6H3,(H,25,26);2*1-2H3/b9-7-,16-8+;;. The molecule has 0 spiro atoms. The number of Topliss-reactive ketones (excluding diaryl/α,β-unsaturated/α-hetero) is 1. The summed E-state index contributed by atoms with van der Waals surface area (Å²) < 4.78 is 0. The van der Waals surface area contributed by atoms with Gasteiger partial charge in [-0.1, -0.05) is 97.9 Å². The van der Waals surface area contributed by atoms with Crippen molar-refractivity contribution in [2.24, 2.45) is 29.1 Å². The number of carboxylic acids is 1. The summed E-state index contributed by atoms with van der Waals surface area (Å²) in [4.78, 5) is 25.1. The van der Waals surface area contributed by atoms with Crippen molar-refractivity contribution in [3.8, 4) is 0 Å². The Bertz CT molecular complexity index is 738. The lowest BCUT2D eigenvalue weighted by atomic mass is 9.71. The fourth-order valence-corrected chi connectivity index (χ4v) is 4.45. The number of rotatable bonds is 5. The molecular formula is C27H42O3. The first-order chi connectivity index (χ1) is 14.2. The second kappa shape index (κ2) is 12.5. The molecule has 0 amide bonds. The van der Waals surface area contributed by atoms with Gasteiger partial charge in [0.2, 0.25) is 0 Å². The zero-order valence-corrected chi connectivity index (χ0v) is 20.6. The Labute approximate surface area is 184 Å². The van der Waals surface area contributed by atoms with Crippen molar-refractivity contribution >= 4 is 17.3 Å². The van der Waals surface area contributed by atoms with E-state index in [-0.39, 0.29) is 23.0 Å². The molecule has 1 aromatic carbocycles. The molecule has 4 atom stereocenters. The lowest BCUT2D eigenvalue weighted by Crippen LogP contribution is -2.35. The molecule has 4 unspecified atom stereocenters. The summed E-state index contributed by atoms with van der Waals surface area (Å²) in [7, 11) is 0. The van der Waals surface area contributed by atoms with Crippen molar-refractivity contribution in [2.45, 2.75) is 69.2 Å². The predicted molar refractivity (Wildman–Crippen MR) is 129 cm³/mol. The van der Waals surface area contributed by atoms with Crippen LogP contribution in [0.4, 0.5) is 0 Å². The first kappa shape index (κ1) is 27.8. The summed E-state index contributed by atoms with van der Waals surface area (Å²) in [5.41, 5.74) is 2.38. The Kier molecular flexibility index (Phi) is 11.6. The molecule has 1 aliphatic carbocycles. The number of hydrogen-bond donors (Lipinski definition) is 1. The number of hydrogen-bond acceptors (Lipinski definition) is 2. The van der Waals surface area contributed by atoms with Gasteiger partial charge in [-0.2, -0.15) is 0 Å². The Balaban J connectivity index is 0.00000198. The minimum absolute atomic E-state index is 0.0277. The van der Waals surface area contributed by atoms with Gasteiger partial charge >= 0.3 is 5.97 Å². The molecule has 0 saturated heterocycles. The molecule has 2 rings (SSSR count). The third-order valence-corrected chi connectivity index (χ3v) is 6.42. The Morgan fingerprint density at radius 2 is 1.40 bits per heavy atom. The molecule has 1 saturated carbocycles. The highest BCUT2D eigenvalue weighted by atomic mass is 16.4. The molecule has 3 nitrogen and oxygen atoms in total. The van der Waals surface area contributed by atoms with E-state index in [0.29, 0.717) is 5.56 Å². The van der Waals surface area contributed by atoms with Crippen molar-refractivity contribution in [3.05, 3.63) is 53.6 Å². The Morgan fingerprint density at radius 1 is 0.933 bits per heavy atom. The maximum Gasteiger partial charge on any atom is 0.307 e. The van der Waals surface area contributed by atoms with Gasteiger partial charge in [-0.05, 0) is 42.2 Å². The fraction of sp³-hybridized carbons (Fsp3) is 0.556. The predicted octanol–water partition coefficient (Wildman–Crippen LogP) is 7.53. The maximum absolute atomic E-state index is 13.3. The van der Waals surface area contributed by atoms with Crippen LogP contribution in [-0.4, -0.2) is 16.9 Å². The molecule has 0 heterocycles. The van der Waals surface area contributed by atoms with Crippen molar-refractivity contribution in [3.63, 3.8) is 0 Å². The van der Waals surface area contributed by atoms with Crippen LogP contribution in [0.3, 0.4) is 0 Å². The van der Waals surface area contributed by atoms with E-state index >= 15 is 0 Å². The molecule has 30 heavy (non-hydrogen) atoms. The van der Waals surface area contributed by atoms with Gasteiger partial charge < -0.3 is 5.11 Å². The minimum Gasteiger partial charge on any atom is -0.481 e. The first-order valence-electron chi connectivity index (χ1n) is 11.3. The molecule has 1 fully saturated rings. The lowest BCUT2D eigenvalue weighted by Gasteiger charge is -2.31. The van der Waals surface area contributed by atoms with Crippen LogP contribution < -0.4 is 0 Å². The van der Waals surface area contributed by atoms with E-state index in [1.807, 2.05) is 105 Å². The third-order valence-electron chi connectivity index (χ3n) is 6.42. The summed E-state index contributed by atoms with van der Waals surface area (Å²) in [6, 6.07) is 7.53. The minimum atomic E-state index is -0.866. The molecule has 0 bridgehead atoms. The SMILES string of the molecule is C/C=C\C(=C/C)c1ccc(C(=O)C2C(C(=O)O)C(C)C(C)C2(C)C)cc1.CC.CC. The van der Waals surface area contributed by atoms with Crippen molar-refractivity contribution in [2.75, 3.05) is 0 Å². The number of carbonyl (C=O) groups is 2. The van der Waals surface area contributed by atoms with Crippen LogP contribution >= 0.6 is 0 Å². The van der Waals surface area contributed by atoms with Gasteiger partial charge in [0, 0.05) is 11.5 Å². The van der Waals surface area contributed by atoms with Crippen molar-refractivity contribution in [1.29, 1.82) is 0 Å². The zero-order chi connectivity index (χ0) is 23.6. The highest BCUT2D eigenvalue weighted by molar-refractivity contribution is 6.01. The van der Waals surface area contributed by atoms with Crippen molar-refractivity contribution < 1.29 is 14.7 Å². The second-order valence-electron chi connectivity index (χ2n) is 8.00. The van der Waals surface area contributed by atoms with Crippen LogP contribution in [0.25, 0.3) is 5.57 Å². The average Bonchev–Trinajstić information content (AvgIpc) is 2.94. The van der Waals surface area contributed by atoms with Gasteiger partial charge in [-0.3, -0.25) is 9.59 Å². The number of allylic oxidation sites excluding steroid dienone is 4. The summed E-state index contributed by atoms with van der Waals surface area (Å²) >= 11 is 0. The number of ketones is 1. The molecule has 1 aliphatic rings. The molecular weight excluding hydrogens is 372 g/mol. The fourth-order valence-electron chi connectivity index (χ4n) is 4.45. The van der Waals surface area contributed by atoms with E-state index in [2.05, 4.69) is 6.92 Å². The van der Waals surface area contributed by atoms with E-state index in [0.717, 1.165) is 11.1 Å². The smallest absolute Gasteiger partial charge is 0.307 e. The molecule has 1 aromatic rings. The number of carboxylic acid groups (broad SMARTS) is 1. The topological polar surface area (TPSA) is 54.4 Å².